The van der Waals surface area contributed by atoms with Gasteiger partial charge in [-0.05, 0) is 78.0 Å². The van der Waals surface area contributed by atoms with Gasteiger partial charge in [-0.1, -0.05) is 18.5 Å². The number of oxime groups is 1. The second kappa shape index (κ2) is 12.3. The number of nitrogens with zero attached hydrogens (tertiary/aromatic N) is 3. The number of hydrogen-bond donors (Lipinski definition) is 0. The molecule has 2 rings (SSSR count). The van der Waals surface area contributed by atoms with Gasteiger partial charge < -0.3 is 14.5 Å². The lowest BCUT2D eigenvalue weighted by Gasteiger charge is -2.39. The molecule has 2 aliphatic heterocycles. The molecule has 0 N–H and O–H groups in total. The van der Waals surface area contributed by atoms with Gasteiger partial charge in [-0.3, -0.25) is 9.69 Å². The number of carbonyl (C=O) groups excluding carboxylic acids is 1. The number of hydrogen-bond acceptors (Lipinski definition) is 6. The van der Waals surface area contributed by atoms with E-state index >= 15 is 0 Å². The highest BCUT2D eigenvalue weighted by atomic mass is 16.6. The van der Waals surface area contributed by atoms with E-state index in [9.17, 15) is 4.79 Å². The molecule has 156 valence electrons. The van der Waals surface area contributed by atoms with E-state index in [1.807, 2.05) is 6.92 Å². The zero-order valence-electron chi connectivity index (χ0n) is 17.6. The summed E-state index contributed by atoms with van der Waals surface area (Å²) in [5.74, 6) is 0.507. The van der Waals surface area contributed by atoms with Gasteiger partial charge in [-0.2, -0.15) is 0 Å². The molecule has 0 amide bonds. The Bertz CT molecular complexity index is 452. The molecule has 2 saturated heterocycles. The minimum atomic E-state index is -0.0858. The van der Waals surface area contributed by atoms with E-state index < -0.39 is 0 Å². The molecule has 0 aliphatic carbocycles. The fourth-order valence-corrected chi connectivity index (χ4v) is 4.57. The number of ether oxygens (including phenoxy) is 1. The Morgan fingerprint density at radius 3 is 2.26 bits per heavy atom. The van der Waals surface area contributed by atoms with Crippen molar-refractivity contribution >= 4 is 11.7 Å². The molecule has 0 aromatic rings. The highest BCUT2D eigenvalue weighted by Crippen LogP contribution is 2.26. The van der Waals surface area contributed by atoms with Crippen LogP contribution in [0, 0.1) is 5.92 Å². The zero-order valence-corrected chi connectivity index (χ0v) is 17.6. The maximum Gasteiger partial charge on any atom is 0.320 e. The molecular formula is C21H39N3O3. The van der Waals surface area contributed by atoms with Crippen LogP contribution in [0.25, 0.3) is 0 Å². The van der Waals surface area contributed by atoms with E-state index in [0.717, 1.165) is 38.8 Å². The van der Waals surface area contributed by atoms with E-state index in [1.54, 1.807) is 7.11 Å². The lowest BCUT2D eigenvalue weighted by Crippen LogP contribution is -2.44. The van der Waals surface area contributed by atoms with Crippen LogP contribution in [0.5, 0.6) is 0 Å². The molecular weight excluding hydrogens is 342 g/mol. The predicted molar refractivity (Wildman–Crippen MR) is 109 cm³/mol. The molecule has 0 atom stereocenters. The van der Waals surface area contributed by atoms with Gasteiger partial charge in [-0.15, -0.1) is 0 Å². The van der Waals surface area contributed by atoms with Crippen LogP contribution in [0.2, 0.25) is 0 Å². The van der Waals surface area contributed by atoms with Gasteiger partial charge in [0.05, 0.1) is 18.9 Å². The Balaban J connectivity index is 1.76. The zero-order chi connectivity index (χ0) is 19.5. The van der Waals surface area contributed by atoms with Crippen molar-refractivity contribution in [2.24, 2.45) is 11.1 Å². The van der Waals surface area contributed by atoms with Crippen molar-refractivity contribution < 1.29 is 14.4 Å². The summed E-state index contributed by atoms with van der Waals surface area (Å²) < 4.78 is 5.09. The van der Waals surface area contributed by atoms with Crippen molar-refractivity contribution in [1.29, 1.82) is 0 Å². The summed E-state index contributed by atoms with van der Waals surface area (Å²) in [4.78, 5) is 21.7. The van der Waals surface area contributed by atoms with Crippen LogP contribution in [-0.2, 0) is 14.4 Å². The monoisotopic (exact) mass is 381 g/mol. The Morgan fingerprint density at radius 1 is 1.04 bits per heavy atom. The van der Waals surface area contributed by atoms with Crippen LogP contribution in [0.4, 0.5) is 0 Å². The first-order valence-electron chi connectivity index (χ1n) is 10.9. The summed E-state index contributed by atoms with van der Waals surface area (Å²) in [6.07, 6.45) is 9.38. The van der Waals surface area contributed by atoms with Crippen molar-refractivity contribution in [3.8, 4) is 0 Å². The van der Waals surface area contributed by atoms with E-state index in [0.29, 0.717) is 25.1 Å². The first-order valence-corrected chi connectivity index (χ1v) is 10.9. The molecule has 0 radical (unpaired) electrons. The van der Waals surface area contributed by atoms with Crippen LogP contribution in [0.3, 0.4) is 0 Å². The summed E-state index contributed by atoms with van der Waals surface area (Å²) in [6.45, 7) is 9.36. The van der Waals surface area contributed by atoms with Gasteiger partial charge in [0.1, 0.15) is 7.11 Å². The quantitative estimate of drug-likeness (QED) is 0.367. The highest BCUT2D eigenvalue weighted by Gasteiger charge is 2.28. The van der Waals surface area contributed by atoms with E-state index in [1.165, 1.54) is 44.5 Å². The summed E-state index contributed by atoms with van der Waals surface area (Å²) in [6, 6.07) is 0.699. The van der Waals surface area contributed by atoms with Gasteiger partial charge in [0.25, 0.3) is 0 Å². The fraction of sp³-hybridized carbons (Fsp3) is 0.905. The molecule has 2 heterocycles. The van der Waals surface area contributed by atoms with Crippen LogP contribution in [0.15, 0.2) is 5.16 Å². The Hall–Kier alpha value is -1.14. The molecule has 6 heteroatoms. The first-order chi connectivity index (χ1) is 13.2. The lowest BCUT2D eigenvalue weighted by molar-refractivity contribution is -0.144. The third-order valence-corrected chi connectivity index (χ3v) is 5.91. The molecule has 2 fully saturated rings. The lowest BCUT2D eigenvalue weighted by atomic mass is 9.88. The van der Waals surface area contributed by atoms with Crippen molar-refractivity contribution in [2.75, 3.05) is 46.4 Å². The standard InChI is InChI=1S/C21H39N3O3/c1-4-8-20(22-26-3)18-11-15-24(16-12-18)19-9-6-13-23(14-7-10-19)17-21(25)27-5-2/h18-19H,4-17H2,1-3H3. The van der Waals surface area contributed by atoms with E-state index in [4.69, 9.17) is 9.57 Å². The Morgan fingerprint density at radius 2 is 1.70 bits per heavy atom. The normalized spacial score (nSPS) is 22.3. The van der Waals surface area contributed by atoms with Crippen LogP contribution in [-0.4, -0.2) is 74.0 Å². The number of likely N-dealkylation sites (tertiary alicyclic amines) is 2. The predicted octanol–water partition coefficient (Wildman–Crippen LogP) is 3.31. The van der Waals surface area contributed by atoms with Gasteiger partial charge in [0.15, 0.2) is 0 Å². The largest absolute Gasteiger partial charge is 0.465 e. The molecule has 0 unspecified atom stereocenters. The van der Waals surface area contributed by atoms with E-state index in [2.05, 4.69) is 21.9 Å². The average molecular weight is 382 g/mol. The number of piperidine rings is 1. The second-order valence-corrected chi connectivity index (χ2v) is 7.84. The SMILES string of the molecule is CCCC(=NOC)C1CCN(C2CCCN(CC(=O)OCC)CCC2)CC1. The third kappa shape index (κ3) is 7.41. The van der Waals surface area contributed by atoms with Crippen molar-refractivity contribution in [2.45, 2.75) is 71.3 Å². The van der Waals surface area contributed by atoms with Crippen molar-refractivity contribution in [3.63, 3.8) is 0 Å². The highest BCUT2D eigenvalue weighted by molar-refractivity contribution is 5.86. The molecule has 6 nitrogen and oxygen atoms in total. The van der Waals surface area contributed by atoms with Crippen molar-refractivity contribution in [1.82, 2.24) is 9.80 Å². The first kappa shape index (κ1) is 22.2. The minimum Gasteiger partial charge on any atom is -0.465 e. The van der Waals surface area contributed by atoms with Crippen molar-refractivity contribution in [3.05, 3.63) is 0 Å². The molecule has 0 bridgehead atoms. The second-order valence-electron chi connectivity index (χ2n) is 7.84. The van der Waals surface area contributed by atoms with Gasteiger partial charge >= 0.3 is 5.97 Å². The van der Waals surface area contributed by atoms with Gasteiger partial charge in [0.2, 0.25) is 0 Å². The van der Waals surface area contributed by atoms with E-state index in [-0.39, 0.29) is 5.97 Å². The molecule has 2 aliphatic rings. The Labute approximate surface area is 165 Å². The fourth-order valence-electron chi connectivity index (χ4n) is 4.57. The molecule has 0 spiro atoms. The van der Waals surface area contributed by atoms with Gasteiger partial charge in [-0.25, -0.2) is 0 Å². The smallest absolute Gasteiger partial charge is 0.320 e. The van der Waals surface area contributed by atoms with Gasteiger partial charge in [0, 0.05) is 12.0 Å². The average Bonchev–Trinajstić information content (AvgIpc) is 2.64. The maximum atomic E-state index is 11.7. The Kier molecular flexibility index (Phi) is 10.1. The number of rotatable bonds is 8. The van der Waals surface area contributed by atoms with Crippen LogP contribution in [0.1, 0.15) is 65.2 Å². The number of esters is 1. The summed E-state index contributed by atoms with van der Waals surface area (Å²) in [5.41, 5.74) is 1.26. The summed E-state index contributed by atoms with van der Waals surface area (Å²) >= 11 is 0. The molecule has 0 aromatic heterocycles. The topological polar surface area (TPSA) is 54.4 Å². The van der Waals surface area contributed by atoms with Crippen LogP contribution >= 0.6 is 0 Å². The summed E-state index contributed by atoms with van der Waals surface area (Å²) in [5, 5.41) is 4.30. The molecule has 27 heavy (non-hydrogen) atoms. The number of carbonyl (C=O) groups is 1. The minimum absolute atomic E-state index is 0.0858. The molecule has 0 aromatic carbocycles. The summed E-state index contributed by atoms with van der Waals surface area (Å²) in [7, 11) is 1.66. The third-order valence-electron chi connectivity index (χ3n) is 5.91. The maximum absolute atomic E-state index is 11.7. The molecule has 0 saturated carbocycles. The van der Waals surface area contributed by atoms with Crippen LogP contribution < -0.4 is 0 Å².